The summed E-state index contributed by atoms with van der Waals surface area (Å²) in [7, 11) is 0. The fourth-order valence-corrected chi connectivity index (χ4v) is 1.06. The fraction of sp³-hybridized carbons (Fsp3) is 0.167. The molecular formula is C12H13NO3. The molecule has 1 atom stereocenters. The van der Waals surface area contributed by atoms with Crippen LogP contribution in [-0.2, 0) is 9.59 Å². The molecule has 84 valence electrons. The van der Waals surface area contributed by atoms with Gasteiger partial charge in [0.1, 0.15) is 6.04 Å². The first-order chi connectivity index (χ1) is 7.59. The van der Waals surface area contributed by atoms with Crippen LogP contribution < -0.4 is 5.32 Å². The maximum Gasteiger partial charge on any atom is 0.325 e. The van der Waals surface area contributed by atoms with Gasteiger partial charge in [0, 0.05) is 6.08 Å². The SMILES string of the molecule is CC(NC(=O)/C=C/c1ccccc1)C(=O)O. The molecular weight excluding hydrogens is 206 g/mol. The summed E-state index contributed by atoms with van der Waals surface area (Å²) in [5.74, 6) is -1.47. The van der Waals surface area contributed by atoms with E-state index in [9.17, 15) is 9.59 Å². The van der Waals surface area contributed by atoms with Gasteiger partial charge in [-0.2, -0.15) is 0 Å². The highest BCUT2D eigenvalue weighted by molar-refractivity contribution is 5.94. The molecule has 1 aromatic rings. The zero-order chi connectivity index (χ0) is 12.0. The molecule has 0 heterocycles. The molecule has 1 amide bonds. The summed E-state index contributed by atoms with van der Waals surface area (Å²) in [6.07, 6.45) is 2.94. The number of nitrogens with one attached hydrogen (secondary N) is 1. The number of amides is 1. The van der Waals surface area contributed by atoms with Crippen molar-refractivity contribution >= 4 is 18.0 Å². The minimum Gasteiger partial charge on any atom is -0.480 e. The average molecular weight is 219 g/mol. The summed E-state index contributed by atoms with van der Waals surface area (Å²) < 4.78 is 0. The molecule has 0 bridgehead atoms. The lowest BCUT2D eigenvalue weighted by molar-refractivity contribution is -0.140. The van der Waals surface area contributed by atoms with E-state index in [1.807, 2.05) is 30.3 Å². The molecule has 0 spiro atoms. The van der Waals surface area contributed by atoms with E-state index in [2.05, 4.69) is 5.32 Å². The van der Waals surface area contributed by atoms with E-state index in [4.69, 9.17) is 5.11 Å². The van der Waals surface area contributed by atoms with E-state index < -0.39 is 17.9 Å². The largest absolute Gasteiger partial charge is 0.480 e. The van der Waals surface area contributed by atoms with Crippen LogP contribution in [-0.4, -0.2) is 23.0 Å². The Bertz CT molecular complexity index is 398. The van der Waals surface area contributed by atoms with Crippen molar-refractivity contribution < 1.29 is 14.7 Å². The van der Waals surface area contributed by atoms with Crippen LogP contribution in [0, 0.1) is 0 Å². The fourth-order valence-electron chi connectivity index (χ4n) is 1.06. The Kier molecular flexibility index (Phi) is 4.27. The Morgan fingerprint density at radius 3 is 2.50 bits per heavy atom. The summed E-state index contributed by atoms with van der Waals surface area (Å²) in [6.45, 7) is 1.41. The first kappa shape index (κ1) is 12.0. The molecule has 4 nitrogen and oxygen atoms in total. The van der Waals surface area contributed by atoms with Crippen molar-refractivity contribution in [3.8, 4) is 0 Å². The number of hydrogen-bond acceptors (Lipinski definition) is 2. The molecule has 2 N–H and O–H groups in total. The van der Waals surface area contributed by atoms with Crippen LogP contribution in [0.15, 0.2) is 36.4 Å². The van der Waals surface area contributed by atoms with E-state index in [0.717, 1.165) is 5.56 Å². The minimum absolute atomic E-state index is 0.418. The molecule has 0 aromatic heterocycles. The highest BCUT2D eigenvalue weighted by atomic mass is 16.4. The second kappa shape index (κ2) is 5.70. The lowest BCUT2D eigenvalue weighted by Crippen LogP contribution is -2.37. The smallest absolute Gasteiger partial charge is 0.325 e. The van der Waals surface area contributed by atoms with Gasteiger partial charge in [-0.15, -0.1) is 0 Å². The Balaban J connectivity index is 2.52. The molecule has 0 saturated heterocycles. The topological polar surface area (TPSA) is 66.4 Å². The van der Waals surface area contributed by atoms with Crippen LogP contribution in [0.2, 0.25) is 0 Å². The van der Waals surface area contributed by atoms with Crippen LogP contribution in [0.1, 0.15) is 12.5 Å². The van der Waals surface area contributed by atoms with Gasteiger partial charge in [-0.25, -0.2) is 0 Å². The number of benzene rings is 1. The standard InChI is InChI=1S/C12H13NO3/c1-9(12(15)16)13-11(14)8-7-10-5-3-2-4-6-10/h2-9H,1H3,(H,13,14)(H,15,16)/b8-7+. The number of carbonyl (C=O) groups is 2. The zero-order valence-corrected chi connectivity index (χ0v) is 8.88. The van der Waals surface area contributed by atoms with Gasteiger partial charge in [0.25, 0.3) is 0 Å². The third-order valence-electron chi connectivity index (χ3n) is 1.96. The van der Waals surface area contributed by atoms with Crippen LogP contribution >= 0.6 is 0 Å². The van der Waals surface area contributed by atoms with Crippen molar-refractivity contribution in [2.45, 2.75) is 13.0 Å². The van der Waals surface area contributed by atoms with Crippen molar-refractivity contribution in [1.82, 2.24) is 5.32 Å². The van der Waals surface area contributed by atoms with Crippen molar-refractivity contribution in [2.24, 2.45) is 0 Å². The van der Waals surface area contributed by atoms with Gasteiger partial charge in [0.05, 0.1) is 0 Å². The molecule has 0 aliphatic carbocycles. The normalized spacial score (nSPS) is 12.3. The zero-order valence-electron chi connectivity index (χ0n) is 8.88. The van der Waals surface area contributed by atoms with Gasteiger partial charge in [-0.05, 0) is 18.6 Å². The van der Waals surface area contributed by atoms with Crippen LogP contribution in [0.4, 0.5) is 0 Å². The number of hydrogen-bond donors (Lipinski definition) is 2. The van der Waals surface area contributed by atoms with Crippen molar-refractivity contribution in [3.63, 3.8) is 0 Å². The molecule has 0 aliphatic rings. The summed E-state index contributed by atoms with van der Waals surface area (Å²) in [4.78, 5) is 21.7. The second-order valence-electron chi connectivity index (χ2n) is 3.31. The lowest BCUT2D eigenvalue weighted by atomic mass is 10.2. The first-order valence-corrected chi connectivity index (χ1v) is 4.86. The Labute approximate surface area is 93.6 Å². The monoisotopic (exact) mass is 219 g/mol. The first-order valence-electron chi connectivity index (χ1n) is 4.86. The van der Waals surface area contributed by atoms with Crippen LogP contribution in [0.3, 0.4) is 0 Å². The second-order valence-corrected chi connectivity index (χ2v) is 3.31. The Hall–Kier alpha value is -2.10. The summed E-state index contributed by atoms with van der Waals surface area (Å²) in [5.41, 5.74) is 0.889. The minimum atomic E-state index is -1.05. The quantitative estimate of drug-likeness (QED) is 0.750. The van der Waals surface area contributed by atoms with E-state index >= 15 is 0 Å². The number of rotatable bonds is 4. The molecule has 1 rings (SSSR count). The number of carboxylic acid groups (broad SMARTS) is 1. The molecule has 1 aromatic carbocycles. The maximum absolute atomic E-state index is 11.3. The Morgan fingerprint density at radius 1 is 1.31 bits per heavy atom. The van der Waals surface area contributed by atoms with Gasteiger partial charge in [-0.3, -0.25) is 9.59 Å². The van der Waals surface area contributed by atoms with Crippen LogP contribution in [0.5, 0.6) is 0 Å². The summed E-state index contributed by atoms with van der Waals surface area (Å²) in [6, 6.07) is 8.42. The van der Waals surface area contributed by atoms with Crippen molar-refractivity contribution in [2.75, 3.05) is 0 Å². The number of carbonyl (C=O) groups excluding carboxylic acids is 1. The third kappa shape index (κ3) is 3.96. The van der Waals surface area contributed by atoms with Gasteiger partial charge in [0.15, 0.2) is 0 Å². The van der Waals surface area contributed by atoms with Gasteiger partial charge >= 0.3 is 5.97 Å². The highest BCUT2D eigenvalue weighted by Crippen LogP contribution is 2.00. The van der Waals surface area contributed by atoms with Gasteiger partial charge in [-0.1, -0.05) is 30.3 Å². The lowest BCUT2D eigenvalue weighted by Gasteiger charge is -2.05. The molecule has 0 radical (unpaired) electrons. The van der Waals surface area contributed by atoms with E-state index in [1.54, 1.807) is 6.08 Å². The van der Waals surface area contributed by atoms with Gasteiger partial charge in [0.2, 0.25) is 5.91 Å². The van der Waals surface area contributed by atoms with E-state index in [0.29, 0.717) is 0 Å². The summed E-state index contributed by atoms with van der Waals surface area (Å²) >= 11 is 0. The molecule has 4 heteroatoms. The third-order valence-corrected chi connectivity index (χ3v) is 1.96. The van der Waals surface area contributed by atoms with E-state index in [1.165, 1.54) is 13.0 Å². The predicted molar refractivity (Wildman–Crippen MR) is 60.7 cm³/mol. The molecule has 0 aliphatic heterocycles. The number of carboxylic acids is 1. The van der Waals surface area contributed by atoms with Crippen molar-refractivity contribution in [1.29, 1.82) is 0 Å². The van der Waals surface area contributed by atoms with Crippen molar-refractivity contribution in [3.05, 3.63) is 42.0 Å². The van der Waals surface area contributed by atoms with E-state index in [-0.39, 0.29) is 0 Å². The Morgan fingerprint density at radius 2 is 1.94 bits per heavy atom. The molecule has 1 unspecified atom stereocenters. The number of aliphatic carboxylic acids is 1. The maximum atomic E-state index is 11.3. The molecule has 0 fully saturated rings. The van der Waals surface area contributed by atoms with Crippen LogP contribution in [0.25, 0.3) is 6.08 Å². The van der Waals surface area contributed by atoms with Gasteiger partial charge < -0.3 is 10.4 Å². The summed E-state index contributed by atoms with van der Waals surface area (Å²) in [5, 5.41) is 10.9. The molecule has 16 heavy (non-hydrogen) atoms. The molecule has 0 saturated carbocycles. The average Bonchev–Trinajstić information content (AvgIpc) is 2.27. The predicted octanol–water partition coefficient (Wildman–Crippen LogP) is 1.29. The highest BCUT2D eigenvalue weighted by Gasteiger charge is 2.11.